The molecule has 0 saturated heterocycles. The fourth-order valence-electron chi connectivity index (χ4n) is 1.48. The first-order chi connectivity index (χ1) is 6.74. The normalized spacial score (nSPS) is 10.4. The van der Waals surface area contributed by atoms with E-state index in [1.165, 1.54) is 0 Å². The fourth-order valence-corrected chi connectivity index (χ4v) is 1.94. The molecular formula is C11H7BrO2. The summed E-state index contributed by atoms with van der Waals surface area (Å²) in [6, 6.07) is 8.65. The predicted molar refractivity (Wildman–Crippen MR) is 58.7 cm³/mol. The summed E-state index contributed by atoms with van der Waals surface area (Å²) < 4.78 is 0.869. The van der Waals surface area contributed by atoms with Gasteiger partial charge in [0.2, 0.25) is 0 Å². The summed E-state index contributed by atoms with van der Waals surface area (Å²) in [5.74, 6) is 0.130. The molecule has 0 aliphatic carbocycles. The van der Waals surface area contributed by atoms with Crippen molar-refractivity contribution >= 4 is 33.0 Å². The number of fused-ring (bicyclic) bond motifs is 1. The first-order valence-electron chi connectivity index (χ1n) is 4.09. The van der Waals surface area contributed by atoms with Crippen molar-refractivity contribution < 1.29 is 9.90 Å². The molecule has 1 N–H and O–H groups in total. The smallest absolute Gasteiger partial charge is 0.150 e. The highest BCUT2D eigenvalue weighted by molar-refractivity contribution is 9.10. The van der Waals surface area contributed by atoms with Crippen LogP contribution in [0.5, 0.6) is 5.75 Å². The number of rotatable bonds is 1. The Morgan fingerprint density at radius 2 is 2.00 bits per heavy atom. The summed E-state index contributed by atoms with van der Waals surface area (Å²) in [4.78, 5) is 10.8. The van der Waals surface area contributed by atoms with Crippen LogP contribution in [0.1, 0.15) is 10.4 Å². The molecule has 2 nitrogen and oxygen atoms in total. The zero-order valence-corrected chi connectivity index (χ0v) is 8.78. The molecule has 0 fully saturated rings. The maximum Gasteiger partial charge on any atom is 0.150 e. The van der Waals surface area contributed by atoms with Crippen molar-refractivity contribution in [3.05, 3.63) is 40.4 Å². The highest BCUT2D eigenvalue weighted by Crippen LogP contribution is 2.32. The Balaban J connectivity index is 2.99. The number of phenolic OH excluding ortho intramolecular Hbond substituents is 1. The third-order valence-electron chi connectivity index (χ3n) is 2.12. The van der Waals surface area contributed by atoms with E-state index in [9.17, 15) is 9.90 Å². The van der Waals surface area contributed by atoms with Gasteiger partial charge >= 0.3 is 0 Å². The molecule has 0 bridgehead atoms. The standard InChI is InChI=1S/C11H7BrO2/c12-9-4-5-10(14)11-7(6-13)2-1-3-8(9)11/h1-6,14H. The lowest BCUT2D eigenvalue weighted by molar-refractivity contribution is 0.112. The molecule has 0 radical (unpaired) electrons. The number of carbonyl (C=O) groups excluding carboxylic acids is 1. The van der Waals surface area contributed by atoms with E-state index in [1.807, 2.05) is 6.07 Å². The highest BCUT2D eigenvalue weighted by Gasteiger charge is 2.07. The molecule has 0 spiro atoms. The fraction of sp³-hybridized carbons (Fsp3) is 0. The third kappa shape index (κ3) is 1.30. The van der Waals surface area contributed by atoms with E-state index in [4.69, 9.17) is 0 Å². The van der Waals surface area contributed by atoms with Gasteiger partial charge in [-0.05, 0) is 12.1 Å². The van der Waals surface area contributed by atoms with Crippen molar-refractivity contribution in [3.8, 4) is 5.75 Å². The zero-order valence-electron chi connectivity index (χ0n) is 7.20. The van der Waals surface area contributed by atoms with Gasteiger partial charge in [-0.2, -0.15) is 0 Å². The van der Waals surface area contributed by atoms with Crippen LogP contribution in [0, 0.1) is 0 Å². The maximum absolute atomic E-state index is 10.8. The van der Waals surface area contributed by atoms with Gasteiger partial charge in [-0.1, -0.05) is 34.1 Å². The average Bonchev–Trinajstić information content (AvgIpc) is 2.23. The largest absolute Gasteiger partial charge is 0.507 e. The Morgan fingerprint density at radius 1 is 1.21 bits per heavy atom. The minimum absolute atomic E-state index is 0.130. The highest BCUT2D eigenvalue weighted by atomic mass is 79.9. The number of hydrogen-bond donors (Lipinski definition) is 1. The summed E-state index contributed by atoms with van der Waals surface area (Å²) in [5, 5.41) is 11.1. The number of carbonyl (C=O) groups is 1. The van der Waals surface area contributed by atoms with Crippen LogP contribution in [-0.2, 0) is 0 Å². The van der Waals surface area contributed by atoms with Gasteiger partial charge in [-0.15, -0.1) is 0 Å². The summed E-state index contributed by atoms with van der Waals surface area (Å²) in [6.45, 7) is 0. The van der Waals surface area contributed by atoms with Crippen LogP contribution in [0.15, 0.2) is 34.8 Å². The number of halogens is 1. The second kappa shape index (κ2) is 3.42. The van der Waals surface area contributed by atoms with E-state index >= 15 is 0 Å². The van der Waals surface area contributed by atoms with Gasteiger partial charge in [0.1, 0.15) is 5.75 Å². The number of aromatic hydroxyl groups is 1. The molecule has 0 amide bonds. The van der Waals surface area contributed by atoms with Gasteiger partial charge in [0.05, 0.1) is 0 Å². The lowest BCUT2D eigenvalue weighted by Crippen LogP contribution is -1.84. The van der Waals surface area contributed by atoms with Gasteiger partial charge in [-0.3, -0.25) is 4.79 Å². The first kappa shape index (κ1) is 9.21. The van der Waals surface area contributed by atoms with Crippen molar-refractivity contribution in [1.29, 1.82) is 0 Å². The molecule has 0 aliphatic heterocycles. The molecule has 3 heteroatoms. The van der Waals surface area contributed by atoms with Crippen LogP contribution < -0.4 is 0 Å². The van der Waals surface area contributed by atoms with Crippen molar-refractivity contribution in [2.24, 2.45) is 0 Å². The van der Waals surface area contributed by atoms with E-state index in [0.717, 1.165) is 16.1 Å². The molecule has 0 saturated carbocycles. The Labute approximate surface area is 89.3 Å². The second-order valence-electron chi connectivity index (χ2n) is 2.95. The summed E-state index contributed by atoms with van der Waals surface area (Å²) in [7, 11) is 0. The molecule has 70 valence electrons. The van der Waals surface area contributed by atoms with E-state index in [0.29, 0.717) is 10.9 Å². The molecular weight excluding hydrogens is 244 g/mol. The van der Waals surface area contributed by atoms with Crippen LogP contribution >= 0.6 is 15.9 Å². The average molecular weight is 251 g/mol. The molecule has 0 aliphatic rings. The Hall–Kier alpha value is -1.35. The lowest BCUT2D eigenvalue weighted by Gasteiger charge is -2.04. The number of benzene rings is 2. The molecule has 2 rings (SSSR count). The van der Waals surface area contributed by atoms with Crippen molar-refractivity contribution in [2.45, 2.75) is 0 Å². The number of aldehydes is 1. The van der Waals surface area contributed by atoms with Crippen molar-refractivity contribution in [2.75, 3.05) is 0 Å². The van der Waals surface area contributed by atoms with Crippen LogP contribution in [0.25, 0.3) is 10.8 Å². The summed E-state index contributed by atoms with van der Waals surface area (Å²) in [5.41, 5.74) is 0.501. The monoisotopic (exact) mass is 250 g/mol. The van der Waals surface area contributed by atoms with Gasteiger partial charge in [0.25, 0.3) is 0 Å². The van der Waals surface area contributed by atoms with Gasteiger partial charge < -0.3 is 5.11 Å². The van der Waals surface area contributed by atoms with E-state index < -0.39 is 0 Å². The maximum atomic E-state index is 10.8. The van der Waals surface area contributed by atoms with E-state index in [1.54, 1.807) is 24.3 Å². The van der Waals surface area contributed by atoms with Gasteiger partial charge in [0.15, 0.2) is 6.29 Å². The quantitative estimate of drug-likeness (QED) is 0.790. The van der Waals surface area contributed by atoms with E-state index in [-0.39, 0.29) is 5.75 Å². The third-order valence-corrected chi connectivity index (χ3v) is 2.82. The number of phenols is 1. The molecule has 2 aromatic carbocycles. The van der Waals surface area contributed by atoms with Crippen LogP contribution in [0.4, 0.5) is 0 Å². The Morgan fingerprint density at radius 3 is 2.71 bits per heavy atom. The number of hydrogen-bond acceptors (Lipinski definition) is 2. The summed E-state index contributed by atoms with van der Waals surface area (Å²) >= 11 is 3.37. The summed E-state index contributed by atoms with van der Waals surface area (Å²) in [6.07, 6.45) is 0.745. The first-order valence-corrected chi connectivity index (χ1v) is 4.88. The van der Waals surface area contributed by atoms with E-state index in [2.05, 4.69) is 15.9 Å². The van der Waals surface area contributed by atoms with Crippen molar-refractivity contribution in [3.63, 3.8) is 0 Å². The zero-order chi connectivity index (χ0) is 10.1. The minimum atomic E-state index is 0.130. The molecule has 0 unspecified atom stereocenters. The van der Waals surface area contributed by atoms with Crippen LogP contribution in [-0.4, -0.2) is 11.4 Å². The van der Waals surface area contributed by atoms with Gasteiger partial charge in [0, 0.05) is 20.8 Å². The second-order valence-corrected chi connectivity index (χ2v) is 3.81. The molecule has 14 heavy (non-hydrogen) atoms. The minimum Gasteiger partial charge on any atom is -0.507 e. The Bertz CT molecular complexity index is 506. The van der Waals surface area contributed by atoms with Gasteiger partial charge in [-0.25, -0.2) is 0 Å². The van der Waals surface area contributed by atoms with Crippen molar-refractivity contribution in [1.82, 2.24) is 0 Å². The predicted octanol–water partition coefficient (Wildman–Crippen LogP) is 3.12. The molecule has 2 aromatic rings. The molecule has 0 heterocycles. The SMILES string of the molecule is O=Cc1cccc2c(Br)ccc(O)c12. The lowest BCUT2D eigenvalue weighted by atomic mass is 10.0. The molecule has 0 aromatic heterocycles. The molecule has 0 atom stereocenters. The van der Waals surface area contributed by atoms with Crippen LogP contribution in [0.2, 0.25) is 0 Å². The topological polar surface area (TPSA) is 37.3 Å². The van der Waals surface area contributed by atoms with Crippen LogP contribution in [0.3, 0.4) is 0 Å². The Kier molecular flexibility index (Phi) is 2.25.